The highest BCUT2D eigenvalue weighted by molar-refractivity contribution is 5.26. The second-order valence-electron chi connectivity index (χ2n) is 9.13. The summed E-state index contributed by atoms with van der Waals surface area (Å²) in [4.78, 5) is 0. The van der Waals surface area contributed by atoms with Crippen molar-refractivity contribution < 1.29 is 5.11 Å². The summed E-state index contributed by atoms with van der Waals surface area (Å²) in [7, 11) is 0. The summed E-state index contributed by atoms with van der Waals surface area (Å²) < 4.78 is 0. The molecule has 0 aliphatic carbocycles. The Morgan fingerprint density at radius 1 is 0.864 bits per heavy atom. The Hall–Kier alpha value is -0.980. The first-order valence-corrected chi connectivity index (χ1v) is 8.78. The zero-order valence-corrected chi connectivity index (χ0v) is 15.7. The number of rotatable bonds is 6. The van der Waals surface area contributed by atoms with Gasteiger partial charge in [0.15, 0.2) is 0 Å². The van der Waals surface area contributed by atoms with Gasteiger partial charge in [-0.25, -0.2) is 0 Å². The first-order valence-electron chi connectivity index (χ1n) is 8.78. The summed E-state index contributed by atoms with van der Waals surface area (Å²) >= 11 is 0. The fourth-order valence-corrected chi connectivity index (χ4v) is 2.86. The molecule has 0 aromatic heterocycles. The van der Waals surface area contributed by atoms with Gasteiger partial charge in [0.05, 0.1) is 0 Å². The van der Waals surface area contributed by atoms with E-state index in [-0.39, 0.29) is 0 Å². The molecule has 1 rings (SSSR count). The molecule has 0 radical (unpaired) electrons. The Bertz CT molecular complexity index is 430. The molecule has 0 aliphatic rings. The van der Waals surface area contributed by atoms with E-state index in [1.54, 1.807) is 12.1 Å². The Morgan fingerprint density at radius 3 is 1.86 bits per heavy atom. The van der Waals surface area contributed by atoms with Crippen molar-refractivity contribution in [3.63, 3.8) is 0 Å². The minimum atomic E-state index is 0.322. The van der Waals surface area contributed by atoms with Crippen LogP contribution in [0.5, 0.6) is 5.75 Å². The smallest absolute Gasteiger partial charge is 0.115 e. The second kappa shape index (κ2) is 7.53. The largest absolute Gasteiger partial charge is 0.508 e. The lowest BCUT2D eigenvalue weighted by Crippen LogP contribution is -2.23. The molecule has 0 aliphatic heterocycles. The van der Waals surface area contributed by atoms with Crippen LogP contribution in [0, 0.1) is 22.7 Å². The minimum absolute atomic E-state index is 0.322. The highest BCUT2D eigenvalue weighted by Gasteiger charge is 2.26. The lowest BCUT2D eigenvalue weighted by atomic mass is 9.73. The topological polar surface area (TPSA) is 20.2 Å². The fourth-order valence-electron chi connectivity index (χ4n) is 2.86. The van der Waals surface area contributed by atoms with Gasteiger partial charge in [0.25, 0.3) is 0 Å². The van der Waals surface area contributed by atoms with Gasteiger partial charge in [-0.1, -0.05) is 73.4 Å². The molecule has 0 saturated carbocycles. The van der Waals surface area contributed by atoms with Gasteiger partial charge in [-0.2, -0.15) is 0 Å². The molecule has 1 nitrogen and oxygen atoms in total. The summed E-state index contributed by atoms with van der Waals surface area (Å²) in [6.07, 6.45) is 5.00. The van der Waals surface area contributed by atoms with Crippen molar-refractivity contribution in [2.45, 2.75) is 74.1 Å². The van der Waals surface area contributed by atoms with Crippen molar-refractivity contribution >= 4 is 0 Å². The van der Waals surface area contributed by atoms with E-state index in [1.807, 2.05) is 0 Å². The molecule has 0 amide bonds. The van der Waals surface area contributed by atoms with E-state index >= 15 is 0 Å². The molecule has 0 saturated heterocycles. The standard InChI is InChI=1S/C21H36O/c1-16(20(2,3)4)9-8-10-18(21(5,6)7)15-17-11-13-19(22)14-12-17/h11-14,16,18,22H,8-10,15H2,1-7H3. The number of benzene rings is 1. The van der Waals surface area contributed by atoms with Crippen LogP contribution in [-0.2, 0) is 6.42 Å². The summed E-state index contributed by atoms with van der Waals surface area (Å²) in [5.41, 5.74) is 2.07. The summed E-state index contributed by atoms with van der Waals surface area (Å²) in [5, 5.41) is 9.43. The van der Waals surface area contributed by atoms with Crippen molar-refractivity contribution in [1.82, 2.24) is 0 Å². The predicted octanol–water partition coefficient (Wildman–Crippen LogP) is 6.45. The molecule has 0 spiro atoms. The van der Waals surface area contributed by atoms with Gasteiger partial charge in [0.1, 0.15) is 5.75 Å². The van der Waals surface area contributed by atoms with E-state index in [0.717, 1.165) is 12.3 Å². The van der Waals surface area contributed by atoms with Crippen LogP contribution >= 0.6 is 0 Å². The lowest BCUT2D eigenvalue weighted by Gasteiger charge is -2.33. The summed E-state index contributed by atoms with van der Waals surface area (Å²) in [5.74, 6) is 1.81. The maximum Gasteiger partial charge on any atom is 0.115 e. The molecule has 2 atom stereocenters. The Morgan fingerprint density at radius 2 is 1.41 bits per heavy atom. The average Bonchev–Trinajstić information content (AvgIpc) is 2.37. The average molecular weight is 305 g/mol. The van der Waals surface area contributed by atoms with Crippen molar-refractivity contribution in [3.8, 4) is 5.75 Å². The predicted molar refractivity (Wildman–Crippen MR) is 97.2 cm³/mol. The maximum atomic E-state index is 9.43. The van der Waals surface area contributed by atoms with E-state index < -0.39 is 0 Å². The van der Waals surface area contributed by atoms with Gasteiger partial charge < -0.3 is 5.11 Å². The van der Waals surface area contributed by atoms with Crippen LogP contribution in [0.1, 0.15) is 73.3 Å². The van der Waals surface area contributed by atoms with E-state index in [9.17, 15) is 5.11 Å². The van der Waals surface area contributed by atoms with Gasteiger partial charge in [0.2, 0.25) is 0 Å². The van der Waals surface area contributed by atoms with E-state index in [1.165, 1.54) is 24.8 Å². The number of aromatic hydroxyl groups is 1. The molecular formula is C21H36O. The Balaban J connectivity index is 2.61. The third-order valence-electron chi connectivity index (χ3n) is 5.31. The Labute approximate surface area is 138 Å². The SMILES string of the molecule is CC(CCCC(Cc1ccc(O)cc1)C(C)(C)C)C(C)(C)C. The molecule has 0 heterocycles. The van der Waals surface area contributed by atoms with E-state index in [4.69, 9.17) is 0 Å². The third-order valence-corrected chi connectivity index (χ3v) is 5.31. The first-order chi connectivity index (χ1) is 10.00. The number of phenolic OH excluding ortho intramolecular Hbond substituents is 1. The molecule has 1 aromatic rings. The van der Waals surface area contributed by atoms with Crippen LogP contribution in [0.3, 0.4) is 0 Å². The van der Waals surface area contributed by atoms with E-state index in [2.05, 4.69) is 60.6 Å². The highest BCUT2D eigenvalue weighted by Crippen LogP contribution is 2.35. The molecule has 1 N–H and O–H groups in total. The molecule has 2 unspecified atom stereocenters. The quantitative estimate of drug-likeness (QED) is 0.640. The first kappa shape index (κ1) is 19.1. The van der Waals surface area contributed by atoms with Crippen LogP contribution in [0.15, 0.2) is 24.3 Å². The minimum Gasteiger partial charge on any atom is -0.508 e. The van der Waals surface area contributed by atoms with Gasteiger partial charge >= 0.3 is 0 Å². The summed E-state index contributed by atoms with van der Waals surface area (Å²) in [6.45, 7) is 16.5. The normalized spacial score (nSPS) is 15.6. The van der Waals surface area contributed by atoms with Crippen LogP contribution in [0.25, 0.3) is 0 Å². The van der Waals surface area contributed by atoms with Crippen molar-refractivity contribution in [1.29, 1.82) is 0 Å². The summed E-state index contributed by atoms with van der Waals surface area (Å²) in [6, 6.07) is 7.73. The van der Waals surface area contributed by atoms with Gasteiger partial charge in [-0.15, -0.1) is 0 Å². The number of phenols is 1. The van der Waals surface area contributed by atoms with Crippen molar-refractivity contribution in [3.05, 3.63) is 29.8 Å². The van der Waals surface area contributed by atoms with Crippen molar-refractivity contribution in [2.24, 2.45) is 22.7 Å². The molecule has 126 valence electrons. The van der Waals surface area contributed by atoms with Gasteiger partial charge in [-0.3, -0.25) is 0 Å². The monoisotopic (exact) mass is 304 g/mol. The molecule has 22 heavy (non-hydrogen) atoms. The van der Waals surface area contributed by atoms with Gasteiger partial charge in [-0.05, 0) is 53.2 Å². The van der Waals surface area contributed by atoms with Crippen LogP contribution in [0.4, 0.5) is 0 Å². The number of hydrogen-bond acceptors (Lipinski definition) is 1. The molecule has 1 heteroatoms. The lowest BCUT2D eigenvalue weighted by molar-refractivity contribution is 0.196. The van der Waals surface area contributed by atoms with Crippen LogP contribution in [-0.4, -0.2) is 5.11 Å². The Kier molecular flexibility index (Phi) is 6.52. The van der Waals surface area contributed by atoms with Crippen LogP contribution in [0.2, 0.25) is 0 Å². The molecule has 0 fully saturated rings. The zero-order chi connectivity index (χ0) is 17.0. The molecular weight excluding hydrogens is 268 g/mol. The van der Waals surface area contributed by atoms with E-state index in [0.29, 0.717) is 22.5 Å². The van der Waals surface area contributed by atoms with Gasteiger partial charge in [0, 0.05) is 0 Å². The maximum absolute atomic E-state index is 9.43. The fraction of sp³-hybridized carbons (Fsp3) is 0.714. The van der Waals surface area contributed by atoms with Crippen molar-refractivity contribution in [2.75, 3.05) is 0 Å². The number of hydrogen-bond donors (Lipinski definition) is 1. The molecule has 0 bridgehead atoms. The molecule has 1 aromatic carbocycles. The highest BCUT2D eigenvalue weighted by atomic mass is 16.3. The zero-order valence-electron chi connectivity index (χ0n) is 15.7. The third kappa shape index (κ3) is 6.42. The second-order valence-corrected chi connectivity index (χ2v) is 9.13. The van der Waals surface area contributed by atoms with Crippen LogP contribution < -0.4 is 0 Å².